The molecule has 0 saturated heterocycles. The highest BCUT2D eigenvalue weighted by Crippen LogP contribution is 2.58. The average Bonchev–Trinajstić information content (AvgIpc) is 3.27. The van der Waals surface area contributed by atoms with Crippen LogP contribution in [0.2, 0.25) is 0 Å². The van der Waals surface area contributed by atoms with Crippen LogP contribution >= 0.6 is 0 Å². The van der Waals surface area contributed by atoms with E-state index >= 15 is 0 Å². The van der Waals surface area contributed by atoms with Crippen LogP contribution in [-0.2, 0) is 16.5 Å². The minimum atomic E-state index is -4.54. The third-order valence-electron chi connectivity index (χ3n) is 7.29. The first kappa shape index (κ1) is 19.6. The van der Waals surface area contributed by atoms with Crippen LogP contribution < -0.4 is 5.32 Å². The van der Waals surface area contributed by atoms with Gasteiger partial charge in [0.25, 0.3) is 0 Å². The maximum Gasteiger partial charge on any atom is 0.435 e. The number of carbonyl (C=O) groups excluding carboxylic acids is 1. The fourth-order valence-electron chi connectivity index (χ4n) is 6.36. The summed E-state index contributed by atoms with van der Waals surface area (Å²) in [5, 5.41) is 11.0. The molecule has 4 aliphatic carbocycles. The maximum absolute atomic E-state index is 12.9. The number of carbonyl (C=O) groups is 1. The quantitative estimate of drug-likeness (QED) is 0.789. The SMILES string of the molecule is Cc1cc(C(F)(F)F)nn1C(C)C(=O)Nc1ccn(C23CC4CC(CC(C4)C2)C3)n1. The lowest BCUT2D eigenvalue weighted by atomic mass is 9.53. The molecule has 0 aromatic carbocycles. The Morgan fingerprint density at radius 2 is 1.77 bits per heavy atom. The molecule has 6 nitrogen and oxygen atoms in total. The lowest BCUT2D eigenvalue weighted by Crippen LogP contribution is -2.52. The molecule has 2 heterocycles. The van der Waals surface area contributed by atoms with Crippen LogP contribution in [0.4, 0.5) is 19.0 Å². The summed E-state index contributed by atoms with van der Waals surface area (Å²) in [6, 6.07) is 1.84. The van der Waals surface area contributed by atoms with E-state index in [9.17, 15) is 18.0 Å². The normalized spacial score (nSPS) is 31.2. The van der Waals surface area contributed by atoms with Gasteiger partial charge in [0.2, 0.25) is 5.91 Å². The van der Waals surface area contributed by atoms with E-state index in [1.165, 1.54) is 33.1 Å². The second-order valence-electron chi connectivity index (χ2n) is 9.57. The highest BCUT2D eigenvalue weighted by molar-refractivity contribution is 5.92. The van der Waals surface area contributed by atoms with E-state index in [2.05, 4.69) is 15.5 Å². The van der Waals surface area contributed by atoms with Crippen LogP contribution in [-0.4, -0.2) is 25.5 Å². The number of halogens is 3. The third-order valence-corrected chi connectivity index (χ3v) is 7.29. The van der Waals surface area contributed by atoms with Gasteiger partial charge in [0.05, 0.1) is 5.54 Å². The Labute approximate surface area is 172 Å². The second-order valence-corrected chi connectivity index (χ2v) is 9.57. The van der Waals surface area contributed by atoms with Gasteiger partial charge in [0, 0.05) is 18.0 Å². The van der Waals surface area contributed by atoms with Crippen molar-refractivity contribution >= 4 is 11.7 Å². The average molecular weight is 421 g/mol. The molecule has 30 heavy (non-hydrogen) atoms. The summed E-state index contributed by atoms with van der Waals surface area (Å²) < 4.78 is 41.9. The van der Waals surface area contributed by atoms with Crippen molar-refractivity contribution in [1.82, 2.24) is 19.6 Å². The zero-order valence-corrected chi connectivity index (χ0v) is 17.1. The Balaban J connectivity index is 1.31. The Bertz CT molecular complexity index is 940. The smallest absolute Gasteiger partial charge is 0.307 e. The van der Waals surface area contributed by atoms with Crippen molar-refractivity contribution in [3.05, 3.63) is 29.7 Å². The molecule has 1 amide bonds. The van der Waals surface area contributed by atoms with Crippen molar-refractivity contribution in [1.29, 1.82) is 0 Å². The van der Waals surface area contributed by atoms with Gasteiger partial charge in [-0.1, -0.05) is 0 Å². The predicted octanol–water partition coefficient (Wildman–Crippen LogP) is 4.53. The van der Waals surface area contributed by atoms with E-state index in [-0.39, 0.29) is 11.2 Å². The van der Waals surface area contributed by atoms with Gasteiger partial charge in [-0.15, -0.1) is 0 Å². The molecule has 4 saturated carbocycles. The number of rotatable bonds is 4. The fourth-order valence-corrected chi connectivity index (χ4v) is 6.36. The van der Waals surface area contributed by atoms with E-state index in [1.54, 1.807) is 6.07 Å². The molecule has 0 spiro atoms. The van der Waals surface area contributed by atoms with Crippen LogP contribution in [0.25, 0.3) is 0 Å². The lowest BCUT2D eigenvalue weighted by Gasteiger charge is -2.56. The minimum absolute atomic E-state index is 0.0591. The molecule has 1 unspecified atom stereocenters. The molecular weight excluding hydrogens is 395 g/mol. The molecule has 4 aliphatic rings. The molecular formula is C21H26F3N5O. The maximum atomic E-state index is 12.9. The highest BCUT2D eigenvalue weighted by Gasteiger charge is 2.52. The third kappa shape index (κ3) is 3.22. The van der Waals surface area contributed by atoms with Gasteiger partial charge in [-0.2, -0.15) is 23.4 Å². The lowest BCUT2D eigenvalue weighted by molar-refractivity contribution is -0.141. The van der Waals surface area contributed by atoms with Crippen LogP contribution in [0.15, 0.2) is 18.3 Å². The van der Waals surface area contributed by atoms with Crippen LogP contribution in [0.1, 0.15) is 62.9 Å². The van der Waals surface area contributed by atoms with Gasteiger partial charge in [-0.05, 0) is 76.2 Å². The predicted molar refractivity (Wildman–Crippen MR) is 104 cm³/mol. The van der Waals surface area contributed by atoms with Crippen molar-refractivity contribution in [3.8, 4) is 0 Å². The summed E-state index contributed by atoms with van der Waals surface area (Å²) in [5.41, 5.74) is -0.654. The summed E-state index contributed by atoms with van der Waals surface area (Å²) in [4.78, 5) is 12.7. The molecule has 0 radical (unpaired) electrons. The number of alkyl halides is 3. The summed E-state index contributed by atoms with van der Waals surface area (Å²) in [6.45, 7) is 3.04. The summed E-state index contributed by atoms with van der Waals surface area (Å²) in [7, 11) is 0. The Morgan fingerprint density at radius 1 is 1.17 bits per heavy atom. The zero-order chi connectivity index (χ0) is 21.3. The minimum Gasteiger partial charge on any atom is -0.307 e. The van der Waals surface area contributed by atoms with Crippen molar-refractivity contribution in [2.45, 2.75) is 70.1 Å². The number of hydrogen-bond acceptors (Lipinski definition) is 3. The molecule has 4 fully saturated rings. The molecule has 9 heteroatoms. The first-order valence-electron chi connectivity index (χ1n) is 10.6. The summed E-state index contributed by atoms with van der Waals surface area (Å²) in [5.74, 6) is 2.34. The van der Waals surface area contributed by atoms with Gasteiger partial charge in [-0.25, -0.2) is 0 Å². The highest BCUT2D eigenvalue weighted by atomic mass is 19.4. The Hall–Kier alpha value is -2.32. The fraction of sp³-hybridized carbons (Fsp3) is 0.667. The van der Waals surface area contributed by atoms with Crippen LogP contribution in [0.5, 0.6) is 0 Å². The Morgan fingerprint density at radius 3 is 2.30 bits per heavy atom. The van der Waals surface area contributed by atoms with Crippen LogP contribution in [0, 0.1) is 24.7 Å². The number of hydrogen-bond donors (Lipinski definition) is 1. The Kier molecular flexibility index (Phi) is 4.31. The molecule has 2 aromatic rings. The van der Waals surface area contributed by atoms with Crippen molar-refractivity contribution in [3.63, 3.8) is 0 Å². The molecule has 0 aliphatic heterocycles. The molecule has 162 valence electrons. The standard InChI is InChI=1S/C21H26F3N5O/c1-12-5-17(21(22,23)24)26-29(12)13(2)19(30)25-18-3-4-28(27-18)20-9-14-6-15(10-20)8-16(7-14)11-20/h3-5,13-16H,6-11H2,1-2H3,(H,25,27,30). The zero-order valence-electron chi connectivity index (χ0n) is 17.1. The first-order chi connectivity index (χ1) is 14.1. The number of nitrogens with one attached hydrogen (secondary N) is 1. The molecule has 1 atom stereocenters. The number of anilines is 1. The molecule has 6 rings (SSSR count). The first-order valence-corrected chi connectivity index (χ1v) is 10.6. The molecule has 2 aromatic heterocycles. The van der Waals surface area contributed by atoms with E-state index in [4.69, 9.17) is 0 Å². The second kappa shape index (κ2) is 6.59. The molecule has 1 N–H and O–H groups in total. The van der Waals surface area contributed by atoms with Crippen molar-refractivity contribution < 1.29 is 18.0 Å². The number of amides is 1. The monoisotopic (exact) mass is 421 g/mol. The van der Waals surface area contributed by atoms with E-state index < -0.39 is 23.8 Å². The van der Waals surface area contributed by atoms with Gasteiger partial charge in [0.1, 0.15) is 6.04 Å². The van der Waals surface area contributed by atoms with Gasteiger partial charge in [0.15, 0.2) is 11.5 Å². The van der Waals surface area contributed by atoms with E-state index in [1.807, 2.05) is 10.9 Å². The largest absolute Gasteiger partial charge is 0.435 e. The summed E-state index contributed by atoms with van der Waals surface area (Å²) in [6.07, 6.45) is 4.86. The molecule has 4 bridgehead atoms. The van der Waals surface area contributed by atoms with Gasteiger partial charge < -0.3 is 5.32 Å². The number of nitrogens with zero attached hydrogens (tertiary/aromatic N) is 4. The van der Waals surface area contributed by atoms with Crippen molar-refractivity contribution in [2.75, 3.05) is 5.32 Å². The van der Waals surface area contributed by atoms with Crippen molar-refractivity contribution in [2.24, 2.45) is 17.8 Å². The number of aromatic nitrogens is 4. The number of aryl methyl sites for hydroxylation is 1. The van der Waals surface area contributed by atoms with Gasteiger partial charge >= 0.3 is 6.18 Å². The topological polar surface area (TPSA) is 64.7 Å². The summed E-state index contributed by atoms with van der Waals surface area (Å²) >= 11 is 0. The van der Waals surface area contributed by atoms with Crippen LogP contribution in [0.3, 0.4) is 0 Å². The van der Waals surface area contributed by atoms with E-state index in [0.29, 0.717) is 5.82 Å². The van der Waals surface area contributed by atoms with Gasteiger partial charge in [-0.3, -0.25) is 14.2 Å². The van der Waals surface area contributed by atoms with E-state index in [0.717, 1.165) is 47.8 Å².